The van der Waals surface area contributed by atoms with E-state index in [4.69, 9.17) is 0 Å². The lowest BCUT2D eigenvalue weighted by Gasteiger charge is -2.24. The molecular formula is C30H22N2O. The number of anilines is 1. The SMILES string of the molecule is Oc1ccc2ccccc2c1-c1c(N2[C]N(Cc3ccccc3)C=C2)ccc2ccccc12. The van der Waals surface area contributed by atoms with E-state index < -0.39 is 0 Å². The molecule has 5 aromatic rings. The maximum atomic E-state index is 11.1. The third kappa shape index (κ3) is 3.48. The summed E-state index contributed by atoms with van der Waals surface area (Å²) in [6, 6.07) is 34.9. The van der Waals surface area contributed by atoms with Crippen molar-refractivity contribution in [3.8, 4) is 16.9 Å². The molecule has 0 bridgehead atoms. The average Bonchev–Trinajstić information content (AvgIpc) is 3.32. The van der Waals surface area contributed by atoms with Crippen molar-refractivity contribution < 1.29 is 5.11 Å². The van der Waals surface area contributed by atoms with Gasteiger partial charge in [0, 0.05) is 30.1 Å². The fourth-order valence-corrected chi connectivity index (χ4v) is 4.60. The van der Waals surface area contributed by atoms with Gasteiger partial charge in [-0.3, -0.25) is 0 Å². The Kier molecular flexibility index (Phi) is 4.73. The van der Waals surface area contributed by atoms with Crippen LogP contribution in [0.2, 0.25) is 0 Å². The second-order valence-corrected chi connectivity index (χ2v) is 8.24. The molecule has 0 saturated heterocycles. The molecule has 2 radical (unpaired) electrons. The van der Waals surface area contributed by atoms with Gasteiger partial charge in [0.15, 0.2) is 0 Å². The van der Waals surface area contributed by atoms with Gasteiger partial charge in [0.25, 0.3) is 0 Å². The summed E-state index contributed by atoms with van der Waals surface area (Å²) < 4.78 is 0. The first-order chi connectivity index (χ1) is 16.3. The van der Waals surface area contributed by atoms with Crippen molar-refractivity contribution in [3.63, 3.8) is 0 Å². The van der Waals surface area contributed by atoms with Crippen LogP contribution >= 0.6 is 0 Å². The van der Waals surface area contributed by atoms with Crippen molar-refractivity contribution in [1.82, 2.24) is 4.90 Å². The topological polar surface area (TPSA) is 26.7 Å². The molecule has 0 aromatic heterocycles. The second-order valence-electron chi connectivity index (χ2n) is 8.24. The van der Waals surface area contributed by atoms with E-state index in [2.05, 4.69) is 72.2 Å². The molecule has 3 nitrogen and oxygen atoms in total. The van der Waals surface area contributed by atoms with Gasteiger partial charge in [-0.1, -0.05) is 91.0 Å². The van der Waals surface area contributed by atoms with Gasteiger partial charge >= 0.3 is 0 Å². The molecule has 1 aliphatic heterocycles. The van der Waals surface area contributed by atoms with Gasteiger partial charge < -0.3 is 14.9 Å². The maximum absolute atomic E-state index is 11.1. The Morgan fingerprint density at radius 2 is 1.24 bits per heavy atom. The molecule has 3 heteroatoms. The fourth-order valence-electron chi connectivity index (χ4n) is 4.60. The molecular weight excluding hydrogens is 404 g/mol. The Morgan fingerprint density at radius 3 is 2.00 bits per heavy atom. The molecule has 33 heavy (non-hydrogen) atoms. The highest BCUT2D eigenvalue weighted by Crippen LogP contribution is 2.46. The molecule has 1 aliphatic rings. The van der Waals surface area contributed by atoms with Crippen molar-refractivity contribution >= 4 is 27.2 Å². The zero-order valence-corrected chi connectivity index (χ0v) is 18.0. The number of fused-ring (bicyclic) bond motifs is 2. The first kappa shape index (κ1) is 19.4. The molecule has 0 saturated carbocycles. The normalized spacial score (nSPS) is 13.3. The molecule has 0 spiro atoms. The monoisotopic (exact) mass is 426 g/mol. The highest BCUT2D eigenvalue weighted by molar-refractivity contribution is 6.12. The Balaban J connectivity index is 1.50. The highest BCUT2D eigenvalue weighted by Gasteiger charge is 2.23. The zero-order valence-electron chi connectivity index (χ0n) is 18.0. The van der Waals surface area contributed by atoms with Crippen LogP contribution in [-0.4, -0.2) is 10.0 Å². The van der Waals surface area contributed by atoms with Crippen LogP contribution in [0.4, 0.5) is 5.69 Å². The van der Waals surface area contributed by atoms with E-state index in [1.807, 2.05) is 53.7 Å². The minimum atomic E-state index is 0.274. The van der Waals surface area contributed by atoms with E-state index in [1.165, 1.54) is 5.56 Å². The summed E-state index contributed by atoms with van der Waals surface area (Å²) in [5.41, 5.74) is 4.05. The van der Waals surface area contributed by atoms with Gasteiger partial charge in [-0.2, -0.15) is 0 Å². The Bertz CT molecular complexity index is 1490. The standard InChI is InChI=1S/C30H22N2O/c33-28-17-15-24-11-5-7-13-26(24)30(28)29-25-12-6-4-10-23(25)14-16-27(29)32-19-18-31(21-32)20-22-8-2-1-3-9-22/h1-19,33H,20H2. The number of phenolic OH excluding ortho intramolecular Hbond substituents is 1. The number of aromatic hydroxyl groups is 1. The molecule has 1 heterocycles. The minimum absolute atomic E-state index is 0.274. The molecule has 1 N–H and O–H groups in total. The van der Waals surface area contributed by atoms with E-state index >= 15 is 0 Å². The number of phenols is 1. The summed E-state index contributed by atoms with van der Waals surface area (Å²) in [5.74, 6) is 0.274. The lowest BCUT2D eigenvalue weighted by molar-refractivity contribution is 0.463. The van der Waals surface area contributed by atoms with Crippen LogP contribution in [0.1, 0.15) is 5.56 Å². The molecule has 0 fully saturated rings. The third-order valence-corrected chi connectivity index (χ3v) is 6.15. The second kappa shape index (κ2) is 8.03. The van der Waals surface area contributed by atoms with E-state index in [0.29, 0.717) is 0 Å². The van der Waals surface area contributed by atoms with Crippen LogP contribution in [0.15, 0.2) is 116 Å². The summed E-state index contributed by atoms with van der Waals surface area (Å²) in [4.78, 5) is 4.07. The van der Waals surface area contributed by atoms with E-state index in [0.717, 1.165) is 44.9 Å². The van der Waals surface area contributed by atoms with Crippen molar-refractivity contribution in [2.45, 2.75) is 6.54 Å². The Hall–Kier alpha value is -4.24. The number of hydrogen-bond donors (Lipinski definition) is 1. The first-order valence-corrected chi connectivity index (χ1v) is 11.1. The molecule has 0 aliphatic carbocycles. The summed E-state index contributed by atoms with van der Waals surface area (Å²) >= 11 is 0. The van der Waals surface area contributed by atoms with Crippen LogP contribution < -0.4 is 4.90 Å². The molecule has 5 aromatic carbocycles. The molecule has 6 rings (SSSR count). The van der Waals surface area contributed by atoms with Crippen LogP contribution in [0, 0.1) is 6.67 Å². The van der Waals surface area contributed by atoms with Gasteiger partial charge in [0.2, 0.25) is 6.67 Å². The summed E-state index contributed by atoms with van der Waals surface area (Å²) in [6.07, 6.45) is 4.06. The van der Waals surface area contributed by atoms with Gasteiger partial charge in [0.05, 0.1) is 5.69 Å². The predicted molar refractivity (Wildman–Crippen MR) is 135 cm³/mol. The molecule has 0 atom stereocenters. The van der Waals surface area contributed by atoms with E-state index in [-0.39, 0.29) is 5.75 Å². The first-order valence-electron chi connectivity index (χ1n) is 11.1. The van der Waals surface area contributed by atoms with Gasteiger partial charge in [-0.05, 0) is 39.2 Å². The van der Waals surface area contributed by atoms with Crippen molar-refractivity contribution in [1.29, 1.82) is 0 Å². The quantitative estimate of drug-likeness (QED) is 0.330. The van der Waals surface area contributed by atoms with Crippen LogP contribution in [0.5, 0.6) is 5.75 Å². The minimum Gasteiger partial charge on any atom is -0.507 e. The Morgan fingerprint density at radius 1 is 0.606 bits per heavy atom. The lowest BCUT2D eigenvalue weighted by Crippen LogP contribution is -2.19. The third-order valence-electron chi connectivity index (χ3n) is 6.15. The van der Waals surface area contributed by atoms with Crippen LogP contribution in [0.25, 0.3) is 32.7 Å². The predicted octanol–water partition coefficient (Wildman–Crippen LogP) is 7.16. The average molecular weight is 427 g/mol. The number of nitrogens with zero attached hydrogens (tertiary/aromatic N) is 2. The van der Waals surface area contributed by atoms with Crippen molar-refractivity contribution in [3.05, 3.63) is 128 Å². The van der Waals surface area contributed by atoms with Crippen molar-refractivity contribution in [2.24, 2.45) is 0 Å². The fraction of sp³-hybridized carbons (Fsp3) is 0.0333. The molecule has 158 valence electrons. The Labute approximate surface area is 193 Å². The van der Waals surface area contributed by atoms with Gasteiger partial charge in [-0.25, -0.2) is 0 Å². The van der Waals surface area contributed by atoms with Gasteiger partial charge in [-0.15, -0.1) is 0 Å². The summed E-state index contributed by atoms with van der Waals surface area (Å²) in [5, 5.41) is 15.4. The van der Waals surface area contributed by atoms with E-state index in [9.17, 15) is 5.11 Å². The number of hydrogen-bond acceptors (Lipinski definition) is 3. The summed E-state index contributed by atoms with van der Waals surface area (Å²) in [7, 11) is 0. The van der Waals surface area contributed by atoms with Crippen LogP contribution in [0.3, 0.4) is 0 Å². The molecule has 0 unspecified atom stereocenters. The summed E-state index contributed by atoms with van der Waals surface area (Å²) in [6.45, 7) is 4.22. The smallest absolute Gasteiger partial charge is 0.213 e. The maximum Gasteiger partial charge on any atom is 0.213 e. The highest BCUT2D eigenvalue weighted by atomic mass is 16.3. The number of rotatable bonds is 4. The van der Waals surface area contributed by atoms with E-state index in [1.54, 1.807) is 6.07 Å². The number of benzene rings is 5. The van der Waals surface area contributed by atoms with Crippen molar-refractivity contribution in [2.75, 3.05) is 4.90 Å². The van der Waals surface area contributed by atoms with Gasteiger partial charge in [0.1, 0.15) is 5.75 Å². The largest absolute Gasteiger partial charge is 0.507 e. The van der Waals surface area contributed by atoms with Crippen LogP contribution in [-0.2, 0) is 6.54 Å². The zero-order chi connectivity index (χ0) is 22.2. The molecule has 0 amide bonds. The lowest BCUT2D eigenvalue weighted by atomic mass is 9.91.